The molecule has 170 valence electrons. The molecule has 6 heteroatoms. The Hall–Kier alpha value is -4.37. The van der Waals surface area contributed by atoms with E-state index >= 15 is 0 Å². The number of rotatable bonds is 7. The summed E-state index contributed by atoms with van der Waals surface area (Å²) in [7, 11) is 0. The van der Waals surface area contributed by atoms with Gasteiger partial charge in [-0.2, -0.15) is 5.26 Å². The fourth-order valence-electron chi connectivity index (χ4n) is 3.88. The van der Waals surface area contributed by atoms with Crippen LogP contribution in [0.1, 0.15) is 23.7 Å². The van der Waals surface area contributed by atoms with Gasteiger partial charge in [-0.25, -0.2) is 9.37 Å². The molecular formula is C28H24FN3O2. The maximum atomic E-state index is 13.2. The monoisotopic (exact) mass is 453 g/mol. The summed E-state index contributed by atoms with van der Waals surface area (Å²) in [5.41, 5.74) is 11.3. The number of aromatic nitrogens is 1. The maximum Gasteiger partial charge on any atom is 0.161 e. The zero-order chi connectivity index (χ0) is 24.1. The van der Waals surface area contributed by atoms with E-state index in [-0.39, 0.29) is 18.2 Å². The average Bonchev–Trinajstić information content (AvgIpc) is 2.84. The minimum atomic E-state index is -0.294. The van der Waals surface area contributed by atoms with Gasteiger partial charge in [0, 0.05) is 16.8 Å². The van der Waals surface area contributed by atoms with Crippen molar-refractivity contribution >= 4 is 5.82 Å². The molecule has 1 heterocycles. The summed E-state index contributed by atoms with van der Waals surface area (Å²) in [4.78, 5) is 4.43. The van der Waals surface area contributed by atoms with Gasteiger partial charge < -0.3 is 15.2 Å². The molecule has 2 N–H and O–H groups in total. The molecule has 3 aromatic carbocycles. The van der Waals surface area contributed by atoms with Crippen LogP contribution in [-0.2, 0) is 6.61 Å². The van der Waals surface area contributed by atoms with Crippen LogP contribution in [0.2, 0.25) is 0 Å². The molecule has 5 nitrogen and oxygen atoms in total. The van der Waals surface area contributed by atoms with Gasteiger partial charge in [0.05, 0.1) is 6.61 Å². The Morgan fingerprint density at radius 3 is 2.32 bits per heavy atom. The van der Waals surface area contributed by atoms with E-state index in [1.807, 2.05) is 62.4 Å². The van der Waals surface area contributed by atoms with Crippen LogP contribution >= 0.6 is 0 Å². The number of anilines is 1. The third kappa shape index (κ3) is 4.69. The highest BCUT2D eigenvalue weighted by Gasteiger charge is 2.21. The van der Waals surface area contributed by atoms with Crippen molar-refractivity contribution < 1.29 is 13.9 Å². The summed E-state index contributed by atoms with van der Waals surface area (Å²) in [6.07, 6.45) is 0. The molecule has 0 aliphatic rings. The van der Waals surface area contributed by atoms with E-state index in [1.165, 1.54) is 12.1 Å². The number of nitrogen functional groups attached to an aromatic ring is 1. The van der Waals surface area contributed by atoms with E-state index in [0.29, 0.717) is 29.2 Å². The minimum absolute atomic E-state index is 0.185. The van der Waals surface area contributed by atoms with Crippen molar-refractivity contribution in [3.05, 3.63) is 95.4 Å². The lowest BCUT2D eigenvalue weighted by Crippen LogP contribution is -2.04. The Labute approximate surface area is 198 Å². The van der Waals surface area contributed by atoms with Crippen molar-refractivity contribution in [2.45, 2.75) is 20.5 Å². The number of nitrogens with zero attached hydrogens (tertiary/aromatic N) is 2. The van der Waals surface area contributed by atoms with Crippen LogP contribution in [0.5, 0.6) is 11.5 Å². The molecule has 0 unspecified atom stereocenters. The third-order valence-electron chi connectivity index (χ3n) is 5.42. The van der Waals surface area contributed by atoms with Crippen molar-refractivity contribution in [1.82, 2.24) is 4.98 Å². The summed E-state index contributed by atoms with van der Waals surface area (Å²) in [5, 5.41) is 9.93. The number of ether oxygens (including phenoxy) is 2. The molecule has 0 aliphatic heterocycles. The lowest BCUT2D eigenvalue weighted by atomic mass is 9.90. The molecule has 0 amide bonds. The summed E-state index contributed by atoms with van der Waals surface area (Å²) < 4.78 is 25.0. The van der Waals surface area contributed by atoms with Gasteiger partial charge in [0.2, 0.25) is 0 Å². The second kappa shape index (κ2) is 10.1. The number of pyridine rings is 1. The van der Waals surface area contributed by atoms with E-state index in [2.05, 4.69) is 11.1 Å². The van der Waals surface area contributed by atoms with E-state index in [4.69, 9.17) is 15.2 Å². The van der Waals surface area contributed by atoms with Crippen LogP contribution in [0.15, 0.2) is 72.8 Å². The predicted octanol–water partition coefficient (Wildman–Crippen LogP) is 6.29. The zero-order valence-corrected chi connectivity index (χ0v) is 19.0. The standard InChI is InChI=1S/C28H24FN3O2/c1-3-33-25-15-21(11-14-24(25)34-17-19-9-12-22(29)13-10-19)27-23(16-30)28(31)32-18(2)26(27)20-7-5-4-6-8-20/h4-15H,3,17H2,1-2H3,(H2,31,32). The SMILES string of the molecule is CCOc1cc(-c2c(C#N)c(N)nc(C)c2-c2ccccc2)ccc1OCc1ccc(F)cc1. The molecule has 0 fully saturated rings. The van der Waals surface area contributed by atoms with Crippen LogP contribution in [0.25, 0.3) is 22.3 Å². The quantitative estimate of drug-likeness (QED) is 0.355. The molecular weight excluding hydrogens is 429 g/mol. The summed E-state index contributed by atoms with van der Waals surface area (Å²) in [6.45, 7) is 4.47. The van der Waals surface area contributed by atoms with E-state index < -0.39 is 0 Å². The van der Waals surface area contributed by atoms with E-state index in [9.17, 15) is 9.65 Å². The number of nitrogens with two attached hydrogens (primary N) is 1. The van der Waals surface area contributed by atoms with Gasteiger partial charge in [-0.3, -0.25) is 0 Å². The number of nitriles is 1. The lowest BCUT2D eigenvalue weighted by Gasteiger charge is -2.18. The summed E-state index contributed by atoms with van der Waals surface area (Å²) >= 11 is 0. The zero-order valence-electron chi connectivity index (χ0n) is 19.0. The highest BCUT2D eigenvalue weighted by atomic mass is 19.1. The van der Waals surface area contributed by atoms with Gasteiger partial charge in [0.15, 0.2) is 11.5 Å². The smallest absolute Gasteiger partial charge is 0.161 e. The van der Waals surface area contributed by atoms with Crippen molar-refractivity contribution in [3.8, 4) is 39.8 Å². The van der Waals surface area contributed by atoms with E-state index in [0.717, 1.165) is 27.9 Å². The van der Waals surface area contributed by atoms with Crippen LogP contribution in [-0.4, -0.2) is 11.6 Å². The normalized spacial score (nSPS) is 10.5. The molecule has 0 spiro atoms. The molecule has 4 rings (SSSR count). The van der Waals surface area contributed by atoms with Crippen LogP contribution < -0.4 is 15.2 Å². The fraction of sp³-hybridized carbons (Fsp3) is 0.143. The van der Waals surface area contributed by atoms with Crippen LogP contribution in [0, 0.1) is 24.1 Å². The van der Waals surface area contributed by atoms with Gasteiger partial charge in [-0.15, -0.1) is 0 Å². The van der Waals surface area contributed by atoms with Gasteiger partial charge in [0.1, 0.15) is 29.9 Å². The number of hydrogen-bond donors (Lipinski definition) is 1. The molecule has 0 bridgehead atoms. The number of halogens is 1. The van der Waals surface area contributed by atoms with Crippen molar-refractivity contribution in [3.63, 3.8) is 0 Å². The molecule has 0 radical (unpaired) electrons. The second-order valence-corrected chi connectivity index (χ2v) is 7.69. The Balaban J connectivity index is 1.81. The highest BCUT2D eigenvalue weighted by Crippen LogP contribution is 2.41. The number of benzene rings is 3. The third-order valence-corrected chi connectivity index (χ3v) is 5.42. The van der Waals surface area contributed by atoms with Gasteiger partial charge in [-0.05, 0) is 54.8 Å². The Kier molecular flexibility index (Phi) is 6.74. The molecule has 0 saturated heterocycles. The average molecular weight is 454 g/mol. The first-order valence-electron chi connectivity index (χ1n) is 10.9. The first kappa shape index (κ1) is 22.8. The van der Waals surface area contributed by atoms with Gasteiger partial charge in [0.25, 0.3) is 0 Å². The molecule has 4 aromatic rings. The largest absolute Gasteiger partial charge is 0.490 e. The maximum absolute atomic E-state index is 13.2. The summed E-state index contributed by atoms with van der Waals surface area (Å²) in [6, 6.07) is 23.7. The number of hydrogen-bond acceptors (Lipinski definition) is 5. The number of aryl methyl sites for hydroxylation is 1. The van der Waals surface area contributed by atoms with Crippen molar-refractivity contribution in [1.29, 1.82) is 5.26 Å². The van der Waals surface area contributed by atoms with Crippen molar-refractivity contribution in [2.75, 3.05) is 12.3 Å². The lowest BCUT2D eigenvalue weighted by molar-refractivity contribution is 0.269. The topological polar surface area (TPSA) is 81.2 Å². The molecule has 34 heavy (non-hydrogen) atoms. The van der Waals surface area contributed by atoms with Gasteiger partial charge >= 0.3 is 0 Å². The first-order valence-corrected chi connectivity index (χ1v) is 10.9. The summed E-state index contributed by atoms with van der Waals surface area (Å²) in [5.74, 6) is 0.980. The molecule has 1 aromatic heterocycles. The van der Waals surface area contributed by atoms with Crippen molar-refractivity contribution in [2.24, 2.45) is 0 Å². The van der Waals surface area contributed by atoms with Crippen LogP contribution in [0.4, 0.5) is 10.2 Å². The highest BCUT2D eigenvalue weighted by molar-refractivity contribution is 5.91. The first-order chi connectivity index (χ1) is 16.5. The minimum Gasteiger partial charge on any atom is -0.490 e. The predicted molar refractivity (Wildman–Crippen MR) is 131 cm³/mol. The Morgan fingerprint density at radius 2 is 1.65 bits per heavy atom. The van der Waals surface area contributed by atoms with Gasteiger partial charge in [-0.1, -0.05) is 48.5 Å². The molecule has 0 atom stereocenters. The fourth-order valence-corrected chi connectivity index (χ4v) is 3.88. The van der Waals surface area contributed by atoms with E-state index in [1.54, 1.807) is 12.1 Å². The second-order valence-electron chi connectivity index (χ2n) is 7.69. The molecule has 0 saturated carbocycles. The Morgan fingerprint density at radius 1 is 0.912 bits per heavy atom. The van der Waals surface area contributed by atoms with Crippen LogP contribution in [0.3, 0.4) is 0 Å². The Bertz CT molecular complexity index is 1350. The molecule has 0 aliphatic carbocycles.